The summed E-state index contributed by atoms with van der Waals surface area (Å²) in [6, 6.07) is 17.4. The minimum Gasteiger partial charge on any atom is -0.465 e. The number of nitrogens with two attached hydrogens (primary N) is 1. The molecule has 4 N–H and O–H groups in total. The number of hydrogen-bond acceptors (Lipinski definition) is 6. The van der Waals surface area contributed by atoms with Crippen molar-refractivity contribution in [2.75, 3.05) is 25.4 Å². The van der Waals surface area contributed by atoms with Crippen LogP contribution < -0.4 is 15.8 Å². The third kappa shape index (κ3) is 5.57. The minimum atomic E-state index is -0.916. The standard InChI is InChI=1S/C28H26N4O4S/c29-27-25-23(19-6-9-22(10-7-19)36-21-4-2-1-3-5-21)17-37-26(25)20(15-31-27)8-11-24(33)30-14-18-12-13-32(16-18)28(34)35/h1-11,15,17-18H,12-14,16H2,(H2,29,31)(H,30,33)(H,34,35)/t18-/m1/s1. The predicted molar refractivity (Wildman–Crippen MR) is 146 cm³/mol. The van der Waals surface area contributed by atoms with E-state index in [0.29, 0.717) is 25.5 Å². The van der Waals surface area contributed by atoms with Gasteiger partial charge >= 0.3 is 6.09 Å². The molecule has 2 aromatic heterocycles. The summed E-state index contributed by atoms with van der Waals surface area (Å²) in [5.41, 5.74) is 9.03. The number of ether oxygens (including phenoxy) is 1. The molecule has 1 atom stereocenters. The van der Waals surface area contributed by atoms with Gasteiger partial charge in [-0.05, 0) is 53.6 Å². The molecule has 0 saturated carbocycles. The van der Waals surface area contributed by atoms with Crippen molar-refractivity contribution in [3.63, 3.8) is 0 Å². The van der Waals surface area contributed by atoms with Crippen LogP contribution in [0.2, 0.25) is 0 Å². The van der Waals surface area contributed by atoms with Gasteiger partial charge in [0.05, 0.1) is 0 Å². The molecule has 0 bridgehead atoms. The molecule has 3 heterocycles. The SMILES string of the molecule is Nc1ncc(C=CC(=O)NC[C@H]2CCN(C(=O)O)C2)c2scc(-c3ccc(Oc4ccccc4)cc3)c12. The van der Waals surface area contributed by atoms with Crippen LogP contribution in [-0.4, -0.2) is 46.6 Å². The van der Waals surface area contributed by atoms with E-state index in [1.807, 2.05) is 60.0 Å². The lowest BCUT2D eigenvalue weighted by atomic mass is 10.0. The molecule has 2 aromatic carbocycles. The Balaban J connectivity index is 1.28. The fraction of sp³-hybridized carbons (Fsp3) is 0.179. The summed E-state index contributed by atoms with van der Waals surface area (Å²) in [7, 11) is 0. The number of thiophene rings is 1. The molecule has 4 aromatic rings. The number of nitrogens with zero attached hydrogens (tertiary/aromatic N) is 2. The number of anilines is 1. The van der Waals surface area contributed by atoms with Crippen LogP contribution in [0.3, 0.4) is 0 Å². The van der Waals surface area contributed by atoms with Crippen LogP contribution in [0.5, 0.6) is 11.5 Å². The van der Waals surface area contributed by atoms with Gasteiger partial charge in [0.2, 0.25) is 5.91 Å². The van der Waals surface area contributed by atoms with Gasteiger partial charge in [0.25, 0.3) is 0 Å². The molecule has 37 heavy (non-hydrogen) atoms. The summed E-state index contributed by atoms with van der Waals surface area (Å²) in [5.74, 6) is 1.84. The van der Waals surface area contributed by atoms with E-state index in [2.05, 4.69) is 10.3 Å². The monoisotopic (exact) mass is 514 g/mol. The van der Waals surface area contributed by atoms with Crippen LogP contribution >= 0.6 is 11.3 Å². The Kier molecular flexibility index (Phi) is 7.04. The average Bonchev–Trinajstić information content (AvgIpc) is 3.57. The topological polar surface area (TPSA) is 118 Å². The molecule has 0 aliphatic carbocycles. The van der Waals surface area contributed by atoms with Gasteiger partial charge in [-0.2, -0.15) is 0 Å². The lowest BCUT2D eigenvalue weighted by Gasteiger charge is -2.12. The Morgan fingerprint density at radius 1 is 1.16 bits per heavy atom. The fourth-order valence-corrected chi connectivity index (χ4v) is 5.47. The van der Waals surface area contributed by atoms with Gasteiger partial charge < -0.3 is 25.8 Å². The Morgan fingerprint density at radius 3 is 2.65 bits per heavy atom. The van der Waals surface area contributed by atoms with Crippen molar-refractivity contribution in [2.45, 2.75) is 6.42 Å². The largest absolute Gasteiger partial charge is 0.465 e. The average molecular weight is 515 g/mol. The van der Waals surface area contributed by atoms with Gasteiger partial charge in [0.15, 0.2) is 0 Å². The van der Waals surface area contributed by atoms with Crippen LogP contribution in [0.1, 0.15) is 12.0 Å². The molecule has 1 aliphatic rings. The second kappa shape index (κ2) is 10.7. The number of pyridine rings is 1. The van der Waals surface area contributed by atoms with Gasteiger partial charge in [-0.3, -0.25) is 4.79 Å². The third-order valence-electron chi connectivity index (χ3n) is 6.33. The number of likely N-dealkylation sites (tertiary alicyclic amines) is 1. The number of carboxylic acid groups (broad SMARTS) is 1. The van der Waals surface area contributed by atoms with Crippen molar-refractivity contribution in [3.05, 3.63) is 77.8 Å². The first-order chi connectivity index (χ1) is 18.0. The van der Waals surface area contributed by atoms with Crippen LogP contribution in [0.25, 0.3) is 27.3 Å². The molecule has 188 valence electrons. The van der Waals surface area contributed by atoms with E-state index in [0.717, 1.165) is 44.7 Å². The molecule has 9 heteroatoms. The number of amides is 2. The Hall–Kier alpha value is -4.37. The highest BCUT2D eigenvalue weighted by Crippen LogP contribution is 2.39. The van der Waals surface area contributed by atoms with E-state index >= 15 is 0 Å². The summed E-state index contributed by atoms with van der Waals surface area (Å²) in [5, 5.41) is 14.8. The first kappa shape index (κ1) is 24.3. The Bertz CT molecular complexity index is 1450. The van der Waals surface area contributed by atoms with E-state index in [9.17, 15) is 9.59 Å². The Morgan fingerprint density at radius 2 is 1.92 bits per heavy atom. The number of hydrogen-bond donors (Lipinski definition) is 3. The molecule has 1 saturated heterocycles. The van der Waals surface area contributed by atoms with Crippen LogP contribution in [0.15, 0.2) is 72.3 Å². The van der Waals surface area contributed by atoms with Gasteiger partial charge in [-0.15, -0.1) is 11.3 Å². The van der Waals surface area contributed by atoms with E-state index in [1.54, 1.807) is 23.6 Å². The number of para-hydroxylation sites is 1. The molecule has 0 unspecified atom stereocenters. The second-order valence-corrected chi connectivity index (χ2v) is 9.73. The third-order valence-corrected chi connectivity index (χ3v) is 7.36. The van der Waals surface area contributed by atoms with Crippen molar-refractivity contribution >= 4 is 45.3 Å². The van der Waals surface area contributed by atoms with Crippen LogP contribution in [0.4, 0.5) is 10.6 Å². The molecule has 1 aliphatic heterocycles. The number of nitrogens with one attached hydrogen (secondary N) is 1. The lowest BCUT2D eigenvalue weighted by Crippen LogP contribution is -2.31. The zero-order chi connectivity index (χ0) is 25.8. The molecule has 2 amide bonds. The summed E-state index contributed by atoms with van der Waals surface area (Å²) < 4.78 is 6.84. The quantitative estimate of drug-likeness (QED) is 0.282. The van der Waals surface area contributed by atoms with Crippen molar-refractivity contribution in [3.8, 4) is 22.6 Å². The van der Waals surface area contributed by atoms with E-state index < -0.39 is 6.09 Å². The number of fused-ring (bicyclic) bond motifs is 1. The molecule has 0 radical (unpaired) electrons. The number of aromatic nitrogens is 1. The maximum absolute atomic E-state index is 12.4. The number of carbonyl (C=O) groups is 2. The summed E-state index contributed by atoms with van der Waals surface area (Å²) >= 11 is 1.55. The van der Waals surface area contributed by atoms with Gasteiger partial charge in [-0.1, -0.05) is 30.3 Å². The lowest BCUT2D eigenvalue weighted by molar-refractivity contribution is -0.116. The van der Waals surface area contributed by atoms with Crippen molar-refractivity contribution < 1.29 is 19.4 Å². The number of benzene rings is 2. The molecule has 5 rings (SSSR count). The second-order valence-electron chi connectivity index (χ2n) is 8.85. The maximum Gasteiger partial charge on any atom is 0.407 e. The Labute approximate surface area is 218 Å². The van der Waals surface area contributed by atoms with Crippen molar-refractivity contribution in [1.82, 2.24) is 15.2 Å². The van der Waals surface area contributed by atoms with E-state index in [1.165, 1.54) is 11.0 Å². The minimum absolute atomic E-state index is 0.127. The highest BCUT2D eigenvalue weighted by atomic mass is 32.1. The summed E-state index contributed by atoms with van der Waals surface area (Å²) in [6.45, 7) is 1.39. The van der Waals surface area contributed by atoms with Gasteiger partial charge in [-0.25, -0.2) is 9.78 Å². The smallest absolute Gasteiger partial charge is 0.407 e. The predicted octanol–water partition coefficient (Wildman–Crippen LogP) is 5.47. The van der Waals surface area contributed by atoms with E-state index in [4.69, 9.17) is 15.6 Å². The zero-order valence-electron chi connectivity index (χ0n) is 20.0. The van der Waals surface area contributed by atoms with Crippen molar-refractivity contribution in [1.29, 1.82) is 0 Å². The molecule has 8 nitrogen and oxygen atoms in total. The first-order valence-corrected chi connectivity index (χ1v) is 12.8. The van der Waals surface area contributed by atoms with Crippen LogP contribution in [0, 0.1) is 5.92 Å². The van der Waals surface area contributed by atoms with Crippen molar-refractivity contribution in [2.24, 2.45) is 5.92 Å². The molecule has 0 spiro atoms. The number of carbonyl (C=O) groups excluding carboxylic acids is 1. The highest BCUT2D eigenvalue weighted by molar-refractivity contribution is 7.18. The van der Waals surface area contributed by atoms with E-state index in [-0.39, 0.29) is 11.8 Å². The summed E-state index contributed by atoms with van der Waals surface area (Å²) in [6.07, 6.45) is 4.71. The maximum atomic E-state index is 12.4. The van der Waals surface area contributed by atoms with Crippen LogP contribution in [-0.2, 0) is 4.79 Å². The summed E-state index contributed by atoms with van der Waals surface area (Å²) in [4.78, 5) is 29.2. The number of rotatable bonds is 7. The molecular formula is C28H26N4O4S. The zero-order valence-corrected chi connectivity index (χ0v) is 20.8. The highest BCUT2D eigenvalue weighted by Gasteiger charge is 2.25. The molecule has 1 fully saturated rings. The first-order valence-electron chi connectivity index (χ1n) is 11.9. The fourth-order valence-electron chi connectivity index (χ4n) is 4.39. The van der Waals surface area contributed by atoms with Gasteiger partial charge in [0, 0.05) is 53.1 Å². The number of nitrogen functional groups attached to an aromatic ring is 1. The normalized spacial score (nSPS) is 15.4. The molecular weight excluding hydrogens is 488 g/mol. The van der Waals surface area contributed by atoms with Gasteiger partial charge in [0.1, 0.15) is 17.3 Å².